The van der Waals surface area contributed by atoms with Crippen molar-refractivity contribution < 1.29 is 0 Å². The fourth-order valence-electron chi connectivity index (χ4n) is 4.67. The molecule has 3 N–H and O–H groups in total. The van der Waals surface area contributed by atoms with Gasteiger partial charge in [0.25, 0.3) is 0 Å². The quantitative estimate of drug-likeness (QED) is 0.266. The van der Waals surface area contributed by atoms with Crippen molar-refractivity contribution in [3.05, 3.63) is 132 Å². The SMILES string of the molecule is C=C(/C=C\C=C/N)Nc1ccc2c3c(c4ccccc4c2c1)C=CC(c1ccccc1)C3. The molecule has 0 aromatic heterocycles. The Hall–Kier alpha value is -4.04. The number of nitrogens with two attached hydrogens (primary N) is 1. The molecule has 156 valence electrons. The van der Waals surface area contributed by atoms with Crippen LogP contribution in [-0.2, 0) is 6.42 Å². The molecule has 0 fully saturated rings. The Morgan fingerprint density at radius 1 is 0.875 bits per heavy atom. The summed E-state index contributed by atoms with van der Waals surface area (Å²) in [5, 5.41) is 8.58. The molecular weight excluding hydrogens is 388 g/mol. The molecule has 4 aromatic rings. The molecule has 1 aliphatic rings. The lowest BCUT2D eigenvalue weighted by molar-refractivity contribution is 0.834. The third-order valence-corrected chi connectivity index (χ3v) is 6.15. The highest BCUT2D eigenvalue weighted by atomic mass is 14.9. The van der Waals surface area contributed by atoms with E-state index in [-0.39, 0.29) is 0 Å². The van der Waals surface area contributed by atoms with Gasteiger partial charge in [-0.1, -0.05) is 85.5 Å². The predicted molar refractivity (Wildman–Crippen MR) is 139 cm³/mol. The van der Waals surface area contributed by atoms with Crippen LogP contribution in [0.2, 0.25) is 0 Å². The summed E-state index contributed by atoms with van der Waals surface area (Å²) in [6.07, 6.45) is 12.8. The average Bonchev–Trinajstić information content (AvgIpc) is 2.84. The third-order valence-electron chi connectivity index (χ3n) is 6.15. The highest BCUT2D eigenvalue weighted by Gasteiger charge is 2.20. The summed E-state index contributed by atoms with van der Waals surface area (Å²) in [6, 6.07) is 26.1. The molecular formula is C30H26N2. The van der Waals surface area contributed by atoms with Gasteiger partial charge in [-0.25, -0.2) is 0 Å². The van der Waals surface area contributed by atoms with Crippen LogP contribution in [0.25, 0.3) is 27.6 Å². The number of benzene rings is 4. The van der Waals surface area contributed by atoms with Crippen molar-refractivity contribution in [1.82, 2.24) is 0 Å². The van der Waals surface area contributed by atoms with Crippen LogP contribution in [0, 0.1) is 0 Å². The number of fused-ring (bicyclic) bond motifs is 6. The third kappa shape index (κ3) is 3.72. The molecule has 0 heterocycles. The first-order chi connectivity index (χ1) is 15.7. The van der Waals surface area contributed by atoms with E-state index in [4.69, 9.17) is 5.73 Å². The lowest BCUT2D eigenvalue weighted by Gasteiger charge is -2.24. The smallest absolute Gasteiger partial charge is 0.0390 e. The first-order valence-electron chi connectivity index (χ1n) is 11.0. The van der Waals surface area contributed by atoms with Gasteiger partial charge in [0.1, 0.15) is 0 Å². The van der Waals surface area contributed by atoms with Crippen molar-refractivity contribution in [3.8, 4) is 0 Å². The molecule has 0 bridgehead atoms. The number of hydrogen-bond acceptors (Lipinski definition) is 2. The molecule has 4 aromatic carbocycles. The first kappa shape index (κ1) is 19.9. The Morgan fingerprint density at radius 2 is 1.66 bits per heavy atom. The van der Waals surface area contributed by atoms with Gasteiger partial charge in [0.2, 0.25) is 0 Å². The number of rotatable bonds is 5. The maximum atomic E-state index is 5.40. The van der Waals surface area contributed by atoms with E-state index in [9.17, 15) is 0 Å². The Bertz CT molecular complexity index is 1390. The van der Waals surface area contributed by atoms with E-state index in [0.717, 1.165) is 17.8 Å². The minimum absolute atomic E-state index is 0.395. The highest BCUT2D eigenvalue weighted by Crippen LogP contribution is 2.40. The number of hydrogen-bond donors (Lipinski definition) is 2. The molecule has 0 amide bonds. The topological polar surface area (TPSA) is 38.0 Å². The van der Waals surface area contributed by atoms with Gasteiger partial charge in [-0.05, 0) is 75.1 Å². The molecule has 0 saturated heterocycles. The molecule has 1 atom stereocenters. The van der Waals surface area contributed by atoms with Crippen LogP contribution in [0.15, 0.2) is 116 Å². The fourth-order valence-corrected chi connectivity index (χ4v) is 4.67. The second-order valence-corrected chi connectivity index (χ2v) is 8.17. The largest absolute Gasteiger partial charge is 0.405 e. The molecule has 5 rings (SSSR count). The summed E-state index contributed by atoms with van der Waals surface area (Å²) in [6.45, 7) is 4.10. The second kappa shape index (κ2) is 8.60. The lowest BCUT2D eigenvalue weighted by Crippen LogP contribution is -2.07. The Kier molecular flexibility index (Phi) is 5.35. The maximum Gasteiger partial charge on any atom is 0.0390 e. The molecule has 0 spiro atoms. The van der Waals surface area contributed by atoms with Crippen molar-refractivity contribution in [3.63, 3.8) is 0 Å². The van der Waals surface area contributed by atoms with Crippen LogP contribution in [0.3, 0.4) is 0 Å². The van der Waals surface area contributed by atoms with Crippen LogP contribution in [-0.4, -0.2) is 0 Å². The zero-order valence-corrected chi connectivity index (χ0v) is 18.0. The van der Waals surface area contributed by atoms with E-state index in [0.29, 0.717) is 5.92 Å². The van der Waals surface area contributed by atoms with Crippen molar-refractivity contribution in [2.45, 2.75) is 12.3 Å². The molecule has 2 heteroatoms. The Morgan fingerprint density at radius 3 is 2.47 bits per heavy atom. The molecule has 1 aliphatic carbocycles. The summed E-state index contributed by atoms with van der Waals surface area (Å²) in [4.78, 5) is 0. The van der Waals surface area contributed by atoms with Crippen LogP contribution in [0.5, 0.6) is 0 Å². The molecule has 0 radical (unpaired) electrons. The van der Waals surface area contributed by atoms with Crippen LogP contribution in [0.1, 0.15) is 22.6 Å². The Balaban J connectivity index is 1.61. The van der Waals surface area contributed by atoms with E-state index >= 15 is 0 Å². The number of allylic oxidation sites excluding steroid dienone is 4. The van der Waals surface area contributed by atoms with Gasteiger partial charge in [0, 0.05) is 17.3 Å². The lowest BCUT2D eigenvalue weighted by atomic mass is 9.80. The van der Waals surface area contributed by atoms with Crippen molar-refractivity contribution in [1.29, 1.82) is 0 Å². The number of nitrogens with one attached hydrogen (secondary N) is 1. The van der Waals surface area contributed by atoms with Gasteiger partial charge >= 0.3 is 0 Å². The standard InChI is InChI=1S/C30H26N2/c1-21(9-7-8-18-31)32-24-15-17-28-29-19-23(22-10-3-2-4-11-22)14-16-27(29)25-12-5-6-13-26(25)30(28)20-24/h2-18,20,23,32H,1,19,31H2/b9-7-,18-8-. The first-order valence-corrected chi connectivity index (χ1v) is 11.0. The summed E-state index contributed by atoms with van der Waals surface area (Å²) in [5.41, 5.74) is 11.4. The van der Waals surface area contributed by atoms with E-state index in [1.807, 2.05) is 12.2 Å². The van der Waals surface area contributed by atoms with Gasteiger partial charge in [-0.2, -0.15) is 0 Å². The summed E-state index contributed by atoms with van der Waals surface area (Å²) >= 11 is 0. The van der Waals surface area contributed by atoms with Gasteiger partial charge in [-0.15, -0.1) is 0 Å². The molecule has 0 aliphatic heterocycles. The van der Waals surface area contributed by atoms with Crippen LogP contribution < -0.4 is 11.1 Å². The van der Waals surface area contributed by atoms with E-state index in [1.165, 1.54) is 44.4 Å². The average molecular weight is 415 g/mol. The van der Waals surface area contributed by atoms with Gasteiger partial charge in [0.15, 0.2) is 0 Å². The molecule has 32 heavy (non-hydrogen) atoms. The highest BCUT2D eigenvalue weighted by molar-refractivity contribution is 6.13. The van der Waals surface area contributed by atoms with Crippen LogP contribution >= 0.6 is 0 Å². The summed E-state index contributed by atoms with van der Waals surface area (Å²) in [5.74, 6) is 0.395. The predicted octanol–water partition coefficient (Wildman–Crippen LogP) is 7.30. The van der Waals surface area contributed by atoms with Crippen molar-refractivity contribution in [2.75, 3.05) is 5.32 Å². The van der Waals surface area contributed by atoms with Crippen molar-refractivity contribution >= 4 is 33.3 Å². The number of anilines is 1. The van der Waals surface area contributed by atoms with Gasteiger partial charge in [-0.3, -0.25) is 0 Å². The summed E-state index contributed by atoms with van der Waals surface area (Å²) in [7, 11) is 0. The monoisotopic (exact) mass is 414 g/mol. The fraction of sp³-hybridized carbons (Fsp3) is 0.0667. The van der Waals surface area contributed by atoms with Crippen LogP contribution in [0.4, 0.5) is 5.69 Å². The van der Waals surface area contributed by atoms with Gasteiger partial charge in [0.05, 0.1) is 0 Å². The van der Waals surface area contributed by atoms with Gasteiger partial charge < -0.3 is 11.1 Å². The zero-order chi connectivity index (χ0) is 21.9. The van der Waals surface area contributed by atoms with E-state index < -0.39 is 0 Å². The molecule has 0 saturated carbocycles. The maximum absolute atomic E-state index is 5.40. The normalized spacial score (nSPS) is 15.6. The Labute approximate surface area is 189 Å². The van der Waals surface area contributed by atoms with E-state index in [1.54, 1.807) is 6.08 Å². The van der Waals surface area contributed by atoms with Crippen molar-refractivity contribution in [2.24, 2.45) is 5.73 Å². The zero-order valence-electron chi connectivity index (χ0n) is 18.0. The molecule has 2 nitrogen and oxygen atoms in total. The van der Waals surface area contributed by atoms with E-state index in [2.05, 4.69) is 96.8 Å². The minimum atomic E-state index is 0.395. The summed E-state index contributed by atoms with van der Waals surface area (Å²) < 4.78 is 0. The minimum Gasteiger partial charge on any atom is -0.405 e. The molecule has 1 unspecified atom stereocenters. The second-order valence-electron chi connectivity index (χ2n) is 8.17.